The molecule has 0 aromatic heterocycles. The van der Waals surface area contributed by atoms with E-state index in [2.05, 4.69) is 0 Å². The zero-order valence-electron chi connectivity index (χ0n) is 6.10. The minimum atomic E-state index is -0.392. The molecule has 0 bridgehead atoms. The van der Waals surface area contributed by atoms with Crippen molar-refractivity contribution in [3.05, 3.63) is 0 Å². The van der Waals surface area contributed by atoms with Gasteiger partial charge in [0.1, 0.15) is 6.54 Å². The smallest absolute Gasteiger partial charge is 0.222 e. The van der Waals surface area contributed by atoms with Crippen molar-refractivity contribution in [2.75, 3.05) is 33.5 Å². The quantitative estimate of drug-likeness (QED) is 0.436. The predicted molar refractivity (Wildman–Crippen MR) is 34.7 cm³/mol. The van der Waals surface area contributed by atoms with Gasteiger partial charge in [-0.2, -0.15) is 4.39 Å². The maximum Gasteiger partial charge on any atom is 0.222 e. The maximum atomic E-state index is 12.1. The van der Waals surface area contributed by atoms with Crippen molar-refractivity contribution in [3.8, 4) is 0 Å². The third-order valence-electron chi connectivity index (χ3n) is 1.69. The lowest BCUT2D eigenvalue weighted by Gasteiger charge is -2.28. The molecule has 2 nitrogen and oxygen atoms in total. The molecule has 0 saturated heterocycles. The second-order valence-corrected chi connectivity index (χ2v) is 2.50. The van der Waals surface area contributed by atoms with Gasteiger partial charge in [-0.3, -0.25) is 4.48 Å². The molecule has 0 aliphatic rings. The minimum absolute atomic E-state index is 0.0637. The first-order valence-corrected chi connectivity index (χ1v) is 3.19. The second kappa shape index (κ2) is 3.80. The summed E-state index contributed by atoms with van der Waals surface area (Å²) < 4.78 is 12.4. The summed E-state index contributed by atoms with van der Waals surface area (Å²) in [6.07, 6.45) is 0. The van der Waals surface area contributed by atoms with Crippen LogP contribution in [0, 0.1) is 0 Å². The van der Waals surface area contributed by atoms with Crippen LogP contribution in [0.2, 0.25) is 0 Å². The Morgan fingerprint density at radius 2 is 2.11 bits per heavy atom. The van der Waals surface area contributed by atoms with E-state index in [0.29, 0.717) is 11.0 Å². The van der Waals surface area contributed by atoms with Crippen LogP contribution in [0.4, 0.5) is 4.39 Å². The molecule has 3 heteroatoms. The highest BCUT2D eigenvalue weighted by atomic mass is 18.2. The van der Waals surface area contributed by atoms with E-state index in [1.807, 2.05) is 6.92 Å². The van der Waals surface area contributed by atoms with E-state index in [-0.39, 0.29) is 6.61 Å². The Balaban J connectivity index is 3.62. The molecule has 0 heterocycles. The highest BCUT2D eigenvalue weighted by molar-refractivity contribution is 4.27. The largest absolute Gasteiger partial charge is 0.391 e. The van der Waals surface area contributed by atoms with Gasteiger partial charge in [-0.1, -0.05) is 0 Å². The Bertz CT molecular complexity index is 73.5. The van der Waals surface area contributed by atoms with E-state index >= 15 is 0 Å². The van der Waals surface area contributed by atoms with Crippen LogP contribution in [-0.4, -0.2) is 43.1 Å². The van der Waals surface area contributed by atoms with Crippen molar-refractivity contribution >= 4 is 0 Å². The fourth-order valence-corrected chi connectivity index (χ4v) is 0.544. The molecule has 0 radical (unpaired) electrons. The first kappa shape index (κ1) is 8.85. The van der Waals surface area contributed by atoms with E-state index in [0.717, 1.165) is 6.54 Å². The summed E-state index contributed by atoms with van der Waals surface area (Å²) in [6, 6.07) is 0. The molecule has 0 rings (SSSR count). The number of likely N-dealkylation sites (N-methyl/N-ethyl adjacent to an activating group) is 1. The summed E-state index contributed by atoms with van der Waals surface area (Å²) in [7, 11) is 1.79. The van der Waals surface area contributed by atoms with E-state index in [4.69, 9.17) is 5.11 Å². The van der Waals surface area contributed by atoms with E-state index < -0.39 is 6.80 Å². The van der Waals surface area contributed by atoms with Gasteiger partial charge in [0, 0.05) is 0 Å². The number of hydrogen-bond acceptors (Lipinski definition) is 1. The number of aliphatic hydroxyl groups is 1. The number of hydrogen-bond donors (Lipinski definition) is 1. The lowest BCUT2D eigenvalue weighted by Crippen LogP contribution is -2.45. The summed E-state index contributed by atoms with van der Waals surface area (Å²) in [5.41, 5.74) is 0. The molecule has 0 amide bonds. The first-order chi connectivity index (χ1) is 4.18. The maximum absolute atomic E-state index is 12.1. The third-order valence-corrected chi connectivity index (χ3v) is 1.69. The van der Waals surface area contributed by atoms with Gasteiger partial charge in [0.2, 0.25) is 6.80 Å². The molecule has 56 valence electrons. The molecular formula is C6H15FNO+. The number of rotatable bonds is 4. The van der Waals surface area contributed by atoms with Crippen molar-refractivity contribution in [2.45, 2.75) is 6.92 Å². The number of nitrogens with zero attached hydrogens (tertiary/aromatic N) is 1. The predicted octanol–water partition coefficient (Wildman–Crippen LogP) is 0.372. The van der Waals surface area contributed by atoms with E-state index in [9.17, 15) is 4.39 Å². The zero-order valence-corrected chi connectivity index (χ0v) is 6.10. The van der Waals surface area contributed by atoms with Gasteiger partial charge in [-0.15, -0.1) is 0 Å². The minimum Gasteiger partial charge on any atom is -0.391 e. The molecule has 1 unspecified atom stereocenters. The third kappa shape index (κ3) is 2.77. The lowest BCUT2D eigenvalue weighted by atomic mass is 10.4. The van der Waals surface area contributed by atoms with Crippen molar-refractivity contribution in [1.29, 1.82) is 0 Å². The Labute approximate surface area is 55.5 Å². The van der Waals surface area contributed by atoms with Gasteiger partial charge < -0.3 is 5.11 Å². The Hall–Kier alpha value is -0.150. The summed E-state index contributed by atoms with van der Waals surface area (Å²) in [5.74, 6) is 0. The van der Waals surface area contributed by atoms with Gasteiger partial charge in [-0.25, -0.2) is 0 Å². The molecular weight excluding hydrogens is 120 g/mol. The Morgan fingerprint density at radius 1 is 1.56 bits per heavy atom. The van der Waals surface area contributed by atoms with Crippen LogP contribution in [0.5, 0.6) is 0 Å². The summed E-state index contributed by atoms with van der Waals surface area (Å²) >= 11 is 0. The summed E-state index contributed by atoms with van der Waals surface area (Å²) in [6.45, 7) is 2.82. The number of halogens is 1. The van der Waals surface area contributed by atoms with Crippen molar-refractivity contribution in [2.24, 2.45) is 0 Å². The molecule has 0 aliphatic heterocycles. The fraction of sp³-hybridized carbons (Fsp3) is 1.00. The van der Waals surface area contributed by atoms with Gasteiger partial charge in [0.15, 0.2) is 0 Å². The standard InChI is InChI=1S/C6H15FNO/c1-3-8(2,6-7)4-5-9/h9H,3-6H2,1-2H3/q+1/i7-1. The van der Waals surface area contributed by atoms with Crippen molar-refractivity contribution in [3.63, 3.8) is 0 Å². The van der Waals surface area contributed by atoms with E-state index in [1.54, 1.807) is 7.05 Å². The van der Waals surface area contributed by atoms with Gasteiger partial charge in [-0.05, 0) is 6.92 Å². The summed E-state index contributed by atoms with van der Waals surface area (Å²) in [5, 5.41) is 8.48. The van der Waals surface area contributed by atoms with Gasteiger partial charge in [0.25, 0.3) is 0 Å². The highest BCUT2D eigenvalue weighted by Crippen LogP contribution is 1.99. The normalized spacial score (nSPS) is 17.3. The average molecular weight is 135 g/mol. The van der Waals surface area contributed by atoms with Crippen LogP contribution in [0.1, 0.15) is 6.92 Å². The lowest BCUT2D eigenvalue weighted by molar-refractivity contribution is -0.920. The average Bonchev–Trinajstić information content (AvgIpc) is 1.89. The Morgan fingerprint density at radius 3 is 2.22 bits per heavy atom. The molecule has 0 spiro atoms. The molecule has 1 N–H and O–H groups in total. The molecule has 0 fully saturated rings. The molecule has 1 atom stereocenters. The second-order valence-electron chi connectivity index (χ2n) is 2.50. The highest BCUT2D eigenvalue weighted by Gasteiger charge is 2.16. The van der Waals surface area contributed by atoms with Crippen molar-refractivity contribution in [1.82, 2.24) is 0 Å². The van der Waals surface area contributed by atoms with Gasteiger partial charge in [0.05, 0.1) is 20.2 Å². The monoisotopic (exact) mass is 135 g/mol. The van der Waals surface area contributed by atoms with E-state index in [1.165, 1.54) is 0 Å². The van der Waals surface area contributed by atoms with Gasteiger partial charge >= 0.3 is 0 Å². The zero-order chi connectivity index (χ0) is 7.33. The van der Waals surface area contributed by atoms with Crippen LogP contribution >= 0.6 is 0 Å². The molecule has 0 aromatic rings. The van der Waals surface area contributed by atoms with Crippen LogP contribution in [0.15, 0.2) is 0 Å². The topological polar surface area (TPSA) is 20.2 Å². The van der Waals surface area contributed by atoms with Crippen LogP contribution in [0.3, 0.4) is 0 Å². The fourth-order valence-electron chi connectivity index (χ4n) is 0.544. The van der Waals surface area contributed by atoms with Crippen LogP contribution < -0.4 is 0 Å². The van der Waals surface area contributed by atoms with Crippen LogP contribution in [-0.2, 0) is 0 Å². The first-order valence-electron chi connectivity index (χ1n) is 3.19. The SMILES string of the molecule is CC[N+](C)(C[18F])CCO. The van der Waals surface area contributed by atoms with Crippen LogP contribution in [0.25, 0.3) is 0 Å². The van der Waals surface area contributed by atoms with Crippen molar-refractivity contribution < 1.29 is 14.0 Å². The summed E-state index contributed by atoms with van der Waals surface area (Å²) in [4.78, 5) is 0. The molecule has 0 saturated carbocycles. The number of aliphatic hydroxyl groups excluding tert-OH is 1. The molecule has 0 aromatic carbocycles. The molecule has 0 aliphatic carbocycles. The number of alkyl halides is 1. The molecule has 9 heavy (non-hydrogen) atoms. The Kier molecular flexibility index (Phi) is 3.73. The number of quaternary nitrogens is 1.